The summed E-state index contributed by atoms with van der Waals surface area (Å²) in [6.07, 6.45) is 1.56. The van der Waals surface area contributed by atoms with Gasteiger partial charge in [-0.15, -0.1) is 5.10 Å². The molecule has 6 aromatic rings. The van der Waals surface area contributed by atoms with Crippen molar-refractivity contribution in [3.63, 3.8) is 0 Å². The van der Waals surface area contributed by atoms with Gasteiger partial charge >= 0.3 is 5.63 Å². The maximum Gasteiger partial charge on any atom is 0.344 e. The van der Waals surface area contributed by atoms with Gasteiger partial charge in [-0.3, -0.25) is 0 Å². The first-order valence-electron chi connectivity index (χ1n) is 13.7. The monoisotopic (exact) mass is 579 g/mol. The number of para-hydroxylation sites is 1. The van der Waals surface area contributed by atoms with Gasteiger partial charge in [-0.1, -0.05) is 35.9 Å². The maximum atomic E-state index is 13.7. The fourth-order valence-corrected chi connectivity index (χ4v) is 5.87. The summed E-state index contributed by atoms with van der Waals surface area (Å²) in [6.45, 7) is 6.01. The van der Waals surface area contributed by atoms with E-state index in [2.05, 4.69) is 35.9 Å². The molecule has 0 amide bonds. The van der Waals surface area contributed by atoms with Crippen molar-refractivity contribution in [2.45, 2.75) is 19.8 Å². The summed E-state index contributed by atoms with van der Waals surface area (Å²) in [4.78, 5) is 25.5. The van der Waals surface area contributed by atoms with Crippen molar-refractivity contribution in [3.8, 4) is 28.8 Å². The van der Waals surface area contributed by atoms with Crippen LogP contribution in [0.4, 0.5) is 5.69 Å². The van der Waals surface area contributed by atoms with Gasteiger partial charge in [0.2, 0.25) is 5.88 Å². The predicted octanol–water partition coefficient (Wildman–Crippen LogP) is 6.69. The van der Waals surface area contributed by atoms with Crippen LogP contribution in [0, 0.1) is 0 Å². The SMILES string of the molecule is CCN(CC)c1ccc(C2c3c(c4ccccc4oc3=O)Oc3ncn4nc(-c5cc(Cl)ccc5OC)nc4c32)cc1. The molecule has 9 nitrogen and oxygen atoms in total. The van der Waals surface area contributed by atoms with E-state index in [0.717, 1.165) is 24.3 Å². The molecule has 3 aromatic carbocycles. The molecule has 1 aliphatic rings. The van der Waals surface area contributed by atoms with Gasteiger partial charge in [0, 0.05) is 23.8 Å². The van der Waals surface area contributed by atoms with Crippen LogP contribution in [0.2, 0.25) is 5.02 Å². The van der Waals surface area contributed by atoms with E-state index in [1.54, 1.807) is 42.2 Å². The topological polar surface area (TPSA) is 95.0 Å². The summed E-state index contributed by atoms with van der Waals surface area (Å²) in [6, 6.07) is 20.8. The van der Waals surface area contributed by atoms with Crippen LogP contribution in [-0.2, 0) is 0 Å². The van der Waals surface area contributed by atoms with Crippen LogP contribution in [0.1, 0.15) is 36.5 Å². The number of rotatable bonds is 6. The first-order valence-corrected chi connectivity index (χ1v) is 14.1. The van der Waals surface area contributed by atoms with Crippen LogP contribution in [0.5, 0.6) is 17.4 Å². The van der Waals surface area contributed by atoms with Crippen LogP contribution in [0.15, 0.2) is 82.3 Å². The maximum absolute atomic E-state index is 13.7. The van der Waals surface area contributed by atoms with E-state index in [-0.39, 0.29) is 0 Å². The minimum Gasteiger partial charge on any atom is -0.496 e. The lowest BCUT2D eigenvalue weighted by Crippen LogP contribution is -2.23. The van der Waals surface area contributed by atoms with E-state index in [4.69, 9.17) is 35.6 Å². The Hall–Kier alpha value is -4.89. The highest BCUT2D eigenvalue weighted by Gasteiger charge is 2.37. The number of halogens is 1. The zero-order chi connectivity index (χ0) is 29.0. The molecule has 0 fully saturated rings. The number of nitrogens with zero attached hydrogens (tertiary/aromatic N) is 5. The molecule has 0 N–H and O–H groups in total. The van der Waals surface area contributed by atoms with Crippen molar-refractivity contribution in [1.29, 1.82) is 0 Å². The average Bonchev–Trinajstić information content (AvgIpc) is 3.46. The third kappa shape index (κ3) is 4.08. The molecule has 3 aromatic heterocycles. The zero-order valence-corrected chi connectivity index (χ0v) is 23.9. The lowest BCUT2D eigenvalue weighted by atomic mass is 9.84. The molecular formula is C32H26ClN5O4. The first kappa shape index (κ1) is 26.0. The average molecular weight is 580 g/mol. The molecule has 0 saturated heterocycles. The number of anilines is 1. The van der Waals surface area contributed by atoms with E-state index < -0.39 is 11.5 Å². The van der Waals surface area contributed by atoms with Crippen LogP contribution in [0.25, 0.3) is 28.0 Å². The molecule has 1 aliphatic heterocycles. The van der Waals surface area contributed by atoms with Crippen LogP contribution < -0.4 is 20.0 Å². The highest BCUT2D eigenvalue weighted by atomic mass is 35.5. The molecule has 0 spiro atoms. The number of hydrogen-bond donors (Lipinski definition) is 0. The third-order valence-electron chi connectivity index (χ3n) is 7.72. The van der Waals surface area contributed by atoms with E-state index >= 15 is 0 Å². The molecule has 0 aliphatic carbocycles. The van der Waals surface area contributed by atoms with Gasteiger partial charge in [-0.25, -0.2) is 19.3 Å². The minimum absolute atomic E-state index is 0.348. The molecule has 0 saturated carbocycles. The zero-order valence-electron chi connectivity index (χ0n) is 23.2. The van der Waals surface area contributed by atoms with E-state index in [1.807, 2.05) is 30.3 Å². The number of benzene rings is 3. The number of methoxy groups -OCH3 is 1. The molecule has 1 atom stereocenters. The number of aromatic nitrogens is 4. The van der Waals surface area contributed by atoms with Crippen molar-refractivity contribution in [2.75, 3.05) is 25.1 Å². The van der Waals surface area contributed by atoms with Gasteiger partial charge in [0.15, 0.2) is 17.2 Å². The van der Waals surface area contributed by atoms with E-state index in [1.165, 1.54) is 0 Å². The number of fused-ring (bicyclic) bond motifs is 6. The Kier molecular flexibility index (Phi) is 6.31. The van der Waals surface area contributed by atoms with Crippen LogP contribution in [0.3, 0.4) is 0 Å². The molecule has 10 heteroatoms. The fourth-order valence-electron chi connectivity index (χ4n) is 5.70. The van der Waals surface area contributed by atoms with Crippen molar-refractivity contribution >= 4 is 33.9 Å². The van der Waals surface area contributed by atoms with E-state index in [9.17, 15) is 4.79 Å². The molecule has 42 heavy (non-hydrogen) atoms. The number of hydrogen-bond acceptors (Lipinski definition) is 8. The summed E-state index contributed by atoms with van der Waals surface area (Å²) in [7, 11) is 1.58. The highest BCUT2D eigenvalue weighted by Crippen LogP contribution is 2.49. The van der Waals surface area contributed by atoms with Gasteiger partial charge in [0.25, 0.3) is 0 Å². The minimum atomic E-state index is -0.579. The van der Waals surface area contributed by atoms with E-state index in [0.29, 0.717) is 61.5 Å². The first-order chi connectivity index (χ1) is 20.5. The summed E-state index contributed by atoms with van der Waals surface area (Å²) >= 11 is 6.32. The van der Waals surface area contributed by atoms with Crippen LogP contribution in [-0.4, -0.2) is 39.8 Å². The quantitative estimate of drug-likeness (QED) is 0.201. The lowest BCUT2D eigenvalue weighted by Gasteiger charge is -2.28. The Morgan fingerprint density at radius 3 is 2.57 bits per heavy atom. The molecule has 0 bridgehead atoms. The standard InChI is InChI=1S/C32H26ClN5O4/c1-4-37(5-2)20-13-10-18(11-14-20)25-26-28(21-8-6-7-9-24(21)41-32(26)39)42-31-27(25)30-35-29(36-38(30)17-34-31)22-16-19(33)12-15-23(22)40-3/h6-17,25H,4-5H2,1-3H3. The molecule has 0 radical (unpaired) electrons. The van der Waals surface area contributed by atoms with Crippen molar-refractivity contribution < 1.29 is 13.9 Å². The summed E-state index contributed by atoms with van der Waals surface area (Å²) < 4.78 is 19.4. The van der Waals surface area contributed by atoms with Gasteiger partial charge in [-0.05, 0) is 61.9 Å². The Bertz CT molecular complexity index is 2030. The Morgan fingerprint density at radius 2 is 1.81 bits per heavy atom. The van der Waals surface area contributed by atoms with Crippen molar-refractivity contribution in [1.82, 2.24) is 19.6 Å². The highest BCUT2D eigenvalue weighted by molar-refractivity contribution is 6.30. The Morgan fingerprint density at radius 1 is 1.02 bits per heavy atom. The second-order valence-electron chi connectivity index (χ2n) is 9.94. The smallest absolute Gasteiger partial charge is 0.344 e. The van der Waals surface area contributed by atoms with Gasteiger partial charge < -0.3 is 18.8 Å². The Labute approximate surface area is 245 Å². The molecular weight excluding hydrogens is 554 g/mol. The molecule has 7 rings (SSSR count). The predicted molar refractivity (Wildman–Crippen MR) is 161 cm³/mol. The summed E-state index contributed by atoms with van der Waals surface area (Å²) in [5.41, 5.74) is 4.05. The second kappa shape index (κ2) is 10.2. The molecule has 1 unspecified atom stereocenters. The molecule has 4 heterocycles. The number of ether oxygens (including phenoxy) is 2. The van der Waals surface area contributed by atoms with Gasteiger partial charge in [-0.2, -0.15) is 0 Å². The summed E-state index contributed by atoms with van der Waals surface area (Å²) in [5, 5.41) is 5.91. The normalized spacial score (nSPS) is 14.0. The second-order valence-corrected chi connectivity index (χ2v) is 10.4. The Balaban J connectivity index is 1.49. The van der Waals surface area contributed by atoms with Gasteiger partial charge in [0.1, 0.15) is 17.7 Å². The largest absolute Gasteiger partial charge is 0.496 e. The summed E-state index contributed by atoms with van der Waals surface area (Å²) in [5.74, 6) is 1.18. The molecule has 210 valence electrons. The lowest BCUT2D eigenvalue weighted by molar-refractivity contribution is 0.416. The third-order valence-corrected chi connectivity index (χ3v) is 7.95. The van der Waals surface area contributed by atoms with Crippen molar-refractivity contribution in [3.05, 3.63) is 105 Å². The van der Waals surface area contributed by atoms with Crippen LogP contribution >= 0.6 is 11.6 Å². The fraction of sp³-hybridized carbons (Fsp3) is 0.188. The van der Waals surface area contributed by atoms with Crippen molar-refractivity contribution in [2.24, 2.45) is 0 Å². The van der Waals surface area contributed by atoms with Gasteiger partial charge in [0.05, 0.1) is 35.1 Å².